The van der Waals surface area contributed by atoms with Crippen molar-refractivity contribution in [1.82, 2.24) is 4.90 Å². The highest BCUT2D eigenvalue weighted by Crippen LogP contribution is 2.12. The lowest BCUT2D eigenvalue weighted by Crippen LogP contribution is -2.37. The molecule has 1 rings (SSSR count). The van der Waals surface area contributed by atoms with Gasteiger partial charge in [-0.05, 0) is 31.5 Å². The molecule has 0 saturated heterocycles. The van der Waals surface area contributed by atoms with Crippen molar-refractivity contribution in [1.29, 1.82) is 0 Å². The van der Waals surface area contributed by atoms with E-state index in [4.69, 9.17) is 0 Å². The molecule has 0 radical (unpaired) electrons. The van der Waals surface area contributed by atoms with Crippen molar-refractivity contribution in [3.8, 4) is 0 Å². The average molecular weight is 296 g/mol. The minimum atomic E-state index is 0.0565. The summed E-state index contributed by atoms with van der Waals surface area (Å²) >= 11 is 3.39. The van der Waals surface area contributed by atoms with E-state index in [1.165, 1.54) is 5.56 Å². The quantitative estimate of drug-likeness (QED) is 0.600. The van der Waals surface area contributed by atoms with Crippen LogP contribution in [0.2, 0.25) is 0 Å². The normalized spacial score (nSPS) is 10.4. The van der Waals surface area contributed by atoms with Crippen LogP contribution in [0.1, 0.15) is 29.8 Å². The van der Waals surface area contributed by atoms with Crippen molar-refractivity contribution in [2.75, 3.05) is 6.54 Å². The van der Waals surface area contributed by atoms with Crippen LogP contribution in [0, 0.1) is 0 Å². The summed E-state index contributed by atoms with van der Waals surface area (Å²) in [6, 6.07) is 7.86. The molecular weight excluding hydrogens is 278 g/mol. The van der Waals surface area contributed by atoms with Crippen LogP contribution in [-0.4, -0.2) is 23.4 Å². The maximum atomic E-state index is 12.2. The van der Waals surface area contributed by atoms with Crippen LogP contribution in [0.25, 0.3) is 0 Å². The van der Waals surface area contributed by atoms with Crippen molar-refractivity contribution >= 4 is 21.8 Å². The zero-order valence-corrected chi connectivity index (χ0v) is 11.9. The highest BCUT2D eigenvalue weighted by molar-refractivity contribution is 9.08. The Bertz CT molecular complexity index is 384. The number of halogens is 1. The Kier molecular flexibility index (Phi) is 5.42. The fraction of sp³-hybridized carbons (Fsp3) is 0.357. The number of alkyl halides is 1. The van der Waals surface area contributed by atoms with Gasteiger partial charge < -0.3 is 4.90 Å². The summed E-state index contributed by atoms with van der Waals surface area (Å²) in [5.74, 6) is 0.0565. The molecule has 17 heavy (non-hydrogen) atoms. The van der Waals surface area contributed by atoms with Crippen LogP contribution in [0.3, 0.4) is 0 Å². The molecule has 0 atom stereocenters. The third-order valence-electron chi connectivity index (χ3n) is 2.57. The standard InChI is InChI=1S/C14H18BrNO/c1-4-9-16(11(2)3)14(17)13-7-5-12(10-15)6-8-13/h4-8,11H,1,9-10H2,2-3H3. The Morgan fingerprint density at radius 1 is 1.41 bits per heavy atom. The molecule has 0 saturated carbocycles. The zero-order chi connectivity index (χ0) is 12.8. The first-order chi connectivity index (χ1) is 8.10. The highest BCUT2D eigenvalue weighted by atomic mass is 79.9. The number of rotatable bonds is 5. The van der Waals surface area contributed by atoms with Crippen LogP contribution in [0.15, 0.2) is 36.9 Å². The average Bonchev–Trinajstić information content (AvgIpc) is 2.35. The fourth-order valence-electron chi connectivity index (χ4n) is 1.57. The number of hydrogen-bond acceptors (Lipinski definition) is 1. The summed E-state index contributed by atoms with van der Waals surface area (Å²) in [4.78, 5) is 14.0. The van der Waals surface area contributed by atoms with Gasteiger partial charge in [0.15, 0.2) is 0 Å². The van der Waals surface area contributed by atoms with Crippen molar-refractivity contribution in [2.24, 2.45) is 0 Å². The van der Waals surface area contributed by atoms with Gasteiger partial charge in [0.1, 0.15) is 0 Å². The van der Waals surface area contributed by atoms with Crippen LogP contribution in [0.4, 0.5) is 0 Å². The minimum Gasteiger partial charge on any atom is -0.333 e. The van der Waals surface area contributed by atoms with E-state index in [1.807, 2.05) is 38.1 Å². The van der Waals surface area contributed by atoms with E-state index in [-0.39, 0.29) is 11.9 Å². The molecular formula is C14H18BrNO. The van der Waals surface area contributed by atoms with Gasteiger partial charge in [-0.2, -0.15) is 0 Å². The van der Waals surface area contributed by atoms with Crippen molar-refractivity contribution in [3.05, 3.63) is 48.0 Å². The number of nitrogens with zero attached hydrogens (tertiary/aromatic N) is 1. The van der Waals surface area contributed by atoms with Gasteiger partial charge in [-0.25, -0.2) is 0 Å². The third kappa shape index (κ3) is 3.70. The lowest BCUT2D eigenvalue weighted by molar-refractivity contribution is 0.0729. The first-order valence-corrected chi connectivity index (χ1v) is 6.79. The maximum Gasteiger partial charge on any atom is 0.254 e. The molecule has 0 heterocycles. The van der Waals surface area contributed by atoms with Gasteiger partial charge in [-0.15, -0.1) is 6.58 Å². The molecule has 92 valence electrons. The number of carbonyl (C=O) groups excluding carboxylic acids is 1. The van der Waals surface area contributed by atoms with Gasteiger partial charge in [0.2, 0.25) is 0 Å². The molecule has 0 fully saturated rings. The van der Waals surface area contributed by atoms with Gasteiger partial charge in [0, 0.05) is 23.5 Å². The summed E-state index contributed by atoms with van der Waals surface area (Å²) in [6.07, 6.45) is 1.75. The van der Waals surface area contributed by atoms with Crippen molar-refractivity contribution in [2.45, 2.75) is 25.2 Å². The Balaban J connectivity index is 2.88. The van der Waals surface area contributed by atoms with Gasteiger partial charge in [-0.1, -0.05) is 34.1 Å². The second-order valence-corrected chi connectivity index (χ2v) is 4.73. The van der Waals surface area contributed by atoms with Crippen LogP contribution in [0.5, 0.6) is 0 Å². The van der Waals surface area contributed by atoms with Crippen molar-refractivity contribution in [3.63, 3.8) is 0 Å². The Labute approximate surface area is 111 Å². The Morgan fingerprint density at radius 3 is 2.41 bits per heavy atom. The van der Waals surface area contributed by atoms with E-state index in [0.717, 1.165) is 10.9 Å². The monoisotopic (exact) mass is 295 g/mol. The van der Waals surface area contributed by atoms with E-state index in [9.17, 15) is 4.79 Å². The van der Waals surface area contributed by atoms with Crippen LogP contribution >= 0.6 is 15.9 Å². The van der Waals surface area contributed by atoms with Gasteiger partial charge >= 0.3 is 0 Å². The molecule has 0 N–H and O–H groups in total. The second-order valence-electron chi connectivity index (χ2n) is 4.17. The SMILES string of the molecule is C=CCN(C(=O)c1ccc(CBr)cc1)C(C)C. The number of carbonyl (C=O) groups is 1. The maximum absolute atomic E-state index is 12.2. The molecule has 0 aliphatic carbocycles. The van der Waals surface area contributed by atoms with E-state index >= 15 is 0 Å². The first kappa shape index (κ1) is 14.0. The second kappa shape index (κ2) is 6.60. The van der Waals surface area contributed by atoms with Gasteiger partial charge in [-0.3, -0.25) is 4.79 Å². The lowest BCUT2D eigenvalue weighted by atomic mass is 10.1. The summed E-state index contributed by atoms with van der Waals surface area (Å²) in [5.41, 5.74) is 1.90. The smallest absolute Gasteiger partial charge is 0.254 e. The lowest BCUT2D eigenvalue weighted by Gasteiger charge is -2.25. The molecule has 0 aliphatic heterocycles. The molecule has 0 unspecified atom stereocenters. The largest absolute Gasteiger partial charge is 0.333 e. The third-order valence-corrected chi connectivity index (χ3v) is 3.21. The molecule has 0 aliphatic rings. The van der Waals surface area contributed by atoms with Crippen LogP contribution in [-0.2, 0) is 5.33 Å². The first-order valence-electron chi connectivity index (χ1n) is 5.67. The van der Waals surface area contributed by atoms with E-state index < -0.39 is 0 Å². The summed E-state index contributed by atoms with van der Waals surface area (Å²) in [6.45, 7) is 8.28. The Morgan fingerprint density at radius 2 is 2.00 bits per heavy atom. The van der Waals surface area contributed by atoms with Crippen molar-refractivity contribution < 1.29 is 4.79 Å². The topological polar surface area (TPSA) is 20.3 Å². The molecule has 0 spiro atoms. The molecule has 0 bridgehead atoms. The number of hydrogen-bond donors (Lipinski definition) is 0. The summed E-state index contributed by atoms with van der Waals surface area (Å²) < 4.78 is 0. The highest BCUT2D eigenvalue weighted by Gasteiger charge is 2.16. The molecule has 2 nitrogen and oxygen atoms in total. The number of benzene rings is 1. The molecule has 3 heteroatoms. The molecule has 0 aromatic heterocycles. The van der Waals surface area contributed by atoms with Gasteiger partial charge in [0.25, 0.3) is 5.91 Å². The summed E-state index contributed by atoms with van der Waals surface area (Å²) in [5, 5.41) is 0.808. The molecule has 1 amide bonds. The molecule has 1 aromatic carbocycles. The van der Waals surface area contributed by atoms with E-state index in [1.54, 1.807) is 11.0 Å². The fourth-order valence-corrected chi connectivity index (χ4v) is 1.94. The number of amides is 1. The Hall–Kier alpha value is -1.09. The zero-order valence-electron chi connectivity index (χ0n) is 10.3. The van der Waals surface area contributed by atoms with Gasteiger partial charge in [0.05, 0.1) is 0 Å². The van der Waals surface area contributed by atoms with E-state index in [2.05, 4.69) is 22.5 Å². The summed E-state index contributed by atoms with van der Waals surface area (Å²) in [7, 11) is 0. The van der Waals surface area contributed by atoms with Crippen LogP contribution < -0.4 is 0 Å². The molecule has 1 aromatic rings. The predicted molar refractivity (Wildman–Crippen MR) is 75.4 cm³/mol. The predicted octanol–water partition coefficient (Wildman–Crippen LogP) is 3.62. The minimum absolute atomic E-state index is 0.0565. The van der Waals surface area contributed by atoms with E-state index in [0.29, 0.717) is 6.54 Å².